The largest absolute Gasteiger partial charge is 0.508 e. The van der Waals surface area contributed by atoms with Crippen LogP contribution in [0.15, 0.2) is 52.1 Å². The maximum Gasteiger partial charge on any atom is 0.234 e. The van der Waals surface area contributed by atoms with Crippen LogP contribution in [0.2, 0.25) is 5.02 Å². The van der Waals surface area contributed by atoms with Gasteiger partial charge in [0.25, 0.3) is 0 Å². The predicted octanol–water partition coefficient (Wildman–Crippen LogP) is 3.51. The predicted molar refractivity (Wildman–Crippen MR) is 99.3 cm³/mol. The molecule has 25 heavy (non-hydrogen) atoms. The molecule has 1 heterocycles. The number of hydrogen-bond acceptors (Lipinski definition) is 6. The third-order valence-electron chi connectivity index (χ3n) is 3.07. The van der Waals surface area contributed by atoms with Gasteiger partial charge in [0, 0.05) is 4.47 Å². The molecule has 0 aliphatic carbocycles. The summed E-state index contributed by atoms with van der Waals surface area (Å²) in [6.07, 6.45) is 0. The van der Waals surface area contributed by atoms with Crippen LogP contribution in [0.4, 0.5) is 5.69 Å². The van der Waals surface area contributed by atoms with Gasteiger partial charge in [-0.15, -0.1) is 5.10 Å². The lowest BCUT2D eigenvalue weighted by molar-refractivity contribution is -0.113. The number of nitrogens with zero attached hydrogens (tertiary/aromatic N) is 4. The van der Waals surface area contributed by atoms with Crippen LogP contribution in [-0.4, -0.2) is 37.0 Å². The van der Waals surface area contributed by atoms with Crippen LogP contribution in [0.5, 0.6) is 5.75 Å². The highest BCUT2D eigenvalue weighted by molar-refractivity contribution is 9.10. The molecular formula is C15H11BrClN5O2S. The van der Waals surface area contributed by atoms with E-state index in [-0.39, 0.29) is 17.4 Å². The summed E-state index contributed by atoms with van der Waals surface area (Å²) in [5.41, 5.74) is 1.22. The van der Waals surface area contributed by atoms with Gasteiger partial charge < -0.3 is 10.4 Å². The topological polar surface area (TPSA) is 92.9 Å². The van der Waals surface area contributed by atoms with Crippen molar-refractivity contribution in [2.24, 2.45) is 0 Å². The highest BCUT2D eigenvalue weighted by atomic mass is 79.9. The fourth-order valence-corrected chi connectivity index (χ4v) is 3.34. The van der Waals surface area contributed by atoms with Crippen LogP contribution in [-0.2, 0) is 4.79 Å². The smallest absolute Gasteiger partial charge is 0.234 e. The molecule has 3 aromatic rings. The molecule has 128 valence electrons. The van der Waals surface area contributed by atoms with Crippen LogP contribution < -0.4 is 5.32 Å². The molecule has 0 saturated heterocycles. The lowest BCUT2D eigenvalue weighted by atomic mass is 10.3. The Morgan fingerprint density at radius 3 is 2.76 bits per heavy atom. The molecule has 0 saturated carbocycles. The molecule has 2 N–H and O–H groups in total. The lowest BCUT2D eigenvalue weighted by Crippen LogP contribution is -2.15. The first kappa shape index (κ1) is 17.7. The Balaban J connectivity index is 1.65. The van der Waals surface area contributed by atoms with Gasteiger partial charge in [0.1, 0.15) is 5.75 Å². The third-order valence-corrected chi connectivity index (χ3v) is 4.80. The average molecular weight is 441 g/mol. The van der Waals surface area contributed by atoms with E-state index in [4.69, 9.17) is 11.6 Å². The van der Waals surface area contributed by atoms with Crippen molar-refractivity contribution in [3.63, 3.8) is 0 Å². The van der Waals surface area contributed by atoms with Crippen LogP contribution in [0, 0.1) is 0 Å². The molecule has 0 bridgehead atoms. The number of aromatic nitrogens is 4. The summed E-state index contributed by atoms with van der Waals surface area (Å²) in [5.74, 6) is 0.0384. The molecule has 0 atom stereocenters. The zero-order valence-corrected chi connectivity index (χ0v) is 15.7. The van der Waals surface area contributed by atoms with Crippen molar-refractivity contribution in [2.75, 3.05) is 11.1 Å². The van der Waals surface area contributed by atoms with E-state index in [1.54, 1.807) is 30.3 Å². The summed E-state index contributed by atoms with van der Waals surface area (Å²) in [7, 11) is 0. The number of rotatable bonds is 5. The van der Waals surface area contributed by atoms with Crippen molar-refractivity contribution in [3.8, 4) is 11.4 Å². The van der Waals surface area contributed by atoms with Crippen molar-refractivity contribution >= 4 is 50.9 Å². The van der Waals surface area contributed by atoms with Crippen molar-refractivity contribution < 1.29 is 9.90 Å². The number of phenols is 1. The second-order valence-corrected chi connectivity index (χ2v) is 7.12. The molecule has 1 aromatic heterocycles. The van der Waals surface area contributed by atoms with Crippen LogP contribution in [0.1, 0.15) is 0 Å². The van der Waals surface area contributed by atoms with E-state index in [2.05, 4.69) is 36.8 Å². The fraction of sp³-hybridized carbons (Fsp3) is 0.0667. The van der Waals surface area contributed by atoms with E-state index in [0.29, 0.717) is 21.6 Å². The Morgan fingerprint density at radius 2 is 2.04 bits per heavy atom. The molecular weight excluding hydrogens is 430 g/mol. The number of amides is 1. The normalized spacial score (nSPS) is 10.6. The van der Waals surface area contributed by atoms with Crippen LogP contribution >= 0.6 is 39.3 Å². The number of tetrazole rings is 1. The number of halogens is 2. The van der Waals surface area contributed by atoms with E-state index in [0.717, 1.165) is 4.47 Å². The number of aromatic hydroxyl groups is 1. The van der Waals surface area contributed by atoms with E-state index in [1.807, 2.05) is 0 Å². The maximum atomic E-state index is 12.1. The highest BCUT2D eigenvalue weighted by Crippen LogP contribution is 2.26. The van der Waals surface area contributed by atoms with Gasteiger partial charge in [-0.2, -0.15) is 4.68 Å². The second-order valence-electron chi connectivity index (χ2n) is 4.85. The lowest BCUT2D eigenvalue weighted by Gasteiger charge is -2.07. The Hall–Kier alpha value is -2.10. The Bertz CT molecular complexity index is 903. The zero-order valence-electron chi connectivity index (χ0n) is 12.6. The van der Waals surface area contributed by atoms with Crippen LogP contribution in [0.25, 0.3) is 5.69 Å². The van der Waals surface area contributed by atoms with Gasteiger partial charge in [0.2, 0.25) is 11.1 Å². The van der Waals surface area contributed by atoms with Gasteiger partial charge >= 0.3 is 0 Å². The van der Waals surface area contributed by atoms with E-state index in [9.17, 15) is 9.90 Å². The molecule has 3 rings (SSSR count). The fourth-order valence-electron chi connectivity index (χ4n) is 1.93. The van der Waals surface area contributed by atoms with E-state index >= 15 is 0 Å². The van der Waals surface area contributed by atoms with Gasteiger partial charge in [-0.05, 0) is 52.9 Å². The Labute approximate surface area is 160 Å². The minimum absolute atomic E-state index is 0.116. The first-order chi connectivity index (χ1) is 12.0. The van der Waals surface area contributed by atoms with Crippen molar-refractivity contribution in [3.05, 3.63) is 52.0 Å². The number of phenolic OH excluding ortho intramolecular Hbond substituents is 1. The quantitative estimate of drug-likeness (QED) is 0.590. The average Bonchev–Trinajstić information content (AvgIpc) is 3.05. The SMILES string of the molecule is O=C(CSc1nnnn1-c1ccc(O)cc1)Nc1ccc(Br)cc1Cl. The van der Waals surface area contributed by atoms with Crippen LogP contribution in [0.3, 0.4) is 0 Å². The summed E-state index contributed by atoms with van der Waals surface area (Å²) < 4.78 is 2.32. The monoisotopic (exact) mass is 439 g/mol. The molecule has 7 nitrogen and oxygen atoms in total. The number of hydrogen-bond donors (Lipinski definition) is 2. The summed E-state index contributed by atoms with van der Waals surface area (Å²) in [6.45, 7) is 0. The third kappa shape index (κ3) is 4.50. The molecule has 1 amide bonds. The van der Waals surface area contributed by atoms with Gasteiger partial charge in [0.05, 0.1) is 22.2 Å². The number of carbonyl (C=O) groups is 1. The molecule has 0 radical (unpaired) electrons. The summed E-state index contributed by atoms with van der Waals surface area (Å²) in [5, 5.41) is 24.4. The number of nitrogens with one attached hydrogen (secondary N) is 1. The molecule has 0 aliphatic heterocycles. The summed E-state index contributed by atoms with van der Waals surface area (Å²) in [4.78, 5) is 12.1. The van der Waals surface area contributed by atoms with Crippen molar-refractivity contribution in [1.29, 1.82) is 0 Å². The Kier molecular flexibility index (Phi) is 5.57. The zero-order chi connectivity index (χ0) is 17.8. The van der Waals surface area contributed by atoms with E-state index in [1.165, 1.54) is 28.6 Å². The minimum atomic E-state index is -0.227. The number of carbonyl (C=O) groups excluding carboxylic acids is 1. The molecule has 0 fully saturated rings. The van der Waals surface area contributed by atoms with E-state index < -0.39 is 0 Å². The molecule has 0 spiro atoms. The summed E-state index contributed by atoms with van der Waals surface area (Å²) in [6, 6.07) is 11.6. The van der Waals surface area contributed by atoms with Crippen molar-refractivity contribution in [2.45, 2.75) is 5.16 Å². The molecule has 2 aromatic carbocycles. The van der Waals surface area contributed by atoms with Gasteiger partial charge in [0.15, 0.2) is 0 Å². The standard InChI is InChI=1S/C15H11BrClN5O2S/c16-9-1-6-13(12(17)7-9)18-14(24)8-25-15-19-20-21-22(15)10-2-4-11(23)5-3-10/h1-7,23H,8H2,(H,18,24). The first-order valence-electron chi connectivity index (χ1n) is 6.98. The Morgan fingerprint density at radius 1 is 1.28 bits per heavy atom. The maximum absolute atomic E-state index is 12.1. The second kappa shape index (κ2) is 7.85. The van der Waals surface area contributed by atoms with Gasteiger partial charge in [-0.3, -0.25) is 4.79 Å². The first-order valence-corrected chi connectivity index (χ1v) is 9.14. The minimum Gasteiger partial charge on any atom is -0.508 e. The molecule has 0 aliphatic rings. The number of thioether (sulfide) groups is 1. The number of anilines is 1. The molecule has 0 unspecified atom stereocenters. The molecule has 10 heteroatoms. The highest BCUT2D eigenvalue weighted by Gasteiger charge is 2.12. The number of benzene rings is 2. The van der Waals surface area contributed by atoms with Gasteiger partial charge in [-0.1, -0.05) is 39.3 Å². The van der Waals surface area contributed by atoms with Crippen molar-refractivity contribution in [1.82, 2.24) is 20.2 Å². The summed E-state index contributed by atoms with van der Waals surface area (Å²) >= 11 is 10.6. The van der Waals surface area contributed by atoms with Gasteiger partial charge in [-0.25, -0.2) is 0 Å².